The lowest BCUT2D eigenvalue weighted by Gasteiger charge is -2.21. The van der Waals surface area contributed by atoms with Gasteiger partial charge in [0.15, 0.2) is 5.82 Å². The molecule has 2 aromatic heterocycles. The van der Waals surface area contributed by atoms with Gasteiger partial charge in [-0.25, -0.2) is 4.98 Å². The number of anilines is 1. The highest BCUT2D eigenvalue weighted by atomic mass is 32.2. The number of rotatable bonds is 6. The van der Waals surface area contributed by atoms with Crippen molar-refractivity contribution in [2.45, 2.75) is 32.3 Å². The Morgan fingerprint density at radius 3 is 3.12 bits per heavy atom. The number of carbonyl (C=O) groups excluding carboxylic acids is 1. The van der Waals surface area contributed by atoms with E-state index in [2.05, 4.69) is 15.4 Å². The number of aryl methyl sites for hydroxylation is 1. The second-order valence-electron chi connectivity index (χ2n) is 5.82. The topological polar surface area (TPSA) is 69.0 Å². The molecule has 1 fully saturated rings. The van der Waals surface area contributed by atoms with Gasteiger partial charge in [0.05, 0.1) is 17.6 Å². The Kier molecular flexibility index (Phi) is 5.87. The minimum absolute atomic E-state index is 0.0344. The normalized spacial score (nSPS) is 17.6. The predicted octanol–water partition coefficient (Wildman–Crippen LogP) is 2.82. The lowest BCUT2D eigenvalue weighted by atomic mass is 10.1. The Balaban J connectivity index is 1.54. The van der Waals surface area contributed by atoms with Crippen molar-refractivity contribution in [2.24, 2.45) is 0 Å². The Hall–Kier alpha value is -1.86. The molecule has 24 heavy (non-hydrogen) atoms. The van der Waals surface area contributed by atoms with Crippen LogP contribution in [0.15, 0.2) is 30.5 Å². The zero-order valence-electron chi connectivity index (χ0n) is 13.8. The molecule has 1 amide bonds. The van der Waals surface area contributed by atoms with Crippen molar-refractivity contribution in [2.75, 3.05) is 23.4 Å². The summed E-state index contributed by atoms with van der Waals surface area (Å²) in [5, 5.41) is 7.33. The summed E-state index contributed by atoms with van der Waals surface area (Å²) in [7, 11) is 0. The second kappa shape index (κ2) is 8.30. The molecule has 3 rings (SSSR count). The van der Waals surface area contributed by atoms with Gasteiger partial charge in [-0.3, -0.25) is 4.79 Å². The third-order valence-electron chi connectivity index (χ3n) is 3.78. The van der Waals surface area contributed by atoms with E-state index in [0.717, 1.165) is 30.9 Å². The lowest BCUT2D eigenvalue weighted by molar-refractivity contribution is -0.113. The van der Waals surface area contributed by atoms with E-state index in [-0.39, 0.29) is 12.0 Å². The highest BCUT2D eigenvalue weighted by molar-refractivity contribution is 8.00. The first-order valence-corrected chi connectivity index (χ1v) is 9.35. The van der Waals surface area contributed by atoms with Crippen LogP contribution in [0.4, 0.5) is 5.82 Å². The van der Waals surface area contributed by atoms with E-state index < -0.39 is 0 Å². The van der Waals surface area contributed by atoms with E-state index in [9.17, 15) is 4.79 Å². The van der Waals surface area contributed by atoms with Gasteiger partial charge in [-0.2, -0.15) is 9.78 Å². The molecule has 3 heterocycles. The summed E-state index contributed by atoms with van der Waals surface area (Å²) in [4.78, 5) is 16.5. The predicted molar refractivity (Wildman–Crippen MR) is 95.6 cm³/mol. The van der Waals surface area contributed by atoms with Gasteiger partial charge in [0, 0.05) is 24.6 Å². The van der Waals surface area contributed by atoms with E-state index in [0.29, 0.717) is 17.4 Å². The fourth-order valence-electron chi connectivity index (χ4n) is 2.64. The smallest absolute Gasteiger partial charge is 0.235 e. The van der Waals surface area contributed by atoms with Crippen LogP contribution in [-0.4, -0.2) is 44.9 Å². The molecule has 0 radical (unpaired) electrons. The first-order valence-electron chi connectivity index (χ1n) is 8.19. The quantitative estimate of drug-likeness (QED) is 0.871. The average Bonchev–Trinajstić information content (AvgIpc) is 2.97. The third-order valence-corrected chi connectivity index (χ3v) is 4.85. The van der Waals surface area contributed by atoms with E-state index >= 15 is 0 Å². The molecule has 0 bridgehead atoms. The molecule has 0 saturated carbocycles. The lowest BCUT2D eigenvalue weighted by Crippen LogP contribution is -2.23. The molecule has 1 unspecified atom stereocenters. The van der Waals surface area contributed by atoms with Crippen LogP contribution in [0.5, 0.6) is 0 Å². The number of pyridine rings is 1. The highest BCUT2D eigenvalue weighted by Gasteiger charge is 2.15. The van der Waals surface area contributed by atoms with E-state index in [1.165, 1.54) is 6.42 Å². The molecule has 1 aliphatic rings. The number of ether oxygens (including phenoxy) is 1. The van der Waals surface area contributed by atoms with Crippen molar-refractivity contribution in [1.29, 1.82) is 0 Å². The van der Waals surface area contributed by atoms with Gasteiger partial charge in [0.1, 0.15) is 5.82 Å². The maximum atomic E-state index is 12.2. The van der Waals surface area contributed by atoms with Crippen molar-refractivity contribution < 1.29 is 9.53 Å². The van der Waals surface area contributed by atoms with Crippen LogP contribution in [0.25, 0.3) is 5.82 Å². The number of hydrogen-bond acceptors (Lipinski definition) is 5. The molecule has 1 aliphatic heterocycles. The van der Waals surface area contributed by atoms with Crippen molar-refractivity contribution >= 4 is 23.5 Å². The second-order valence-corrected chi connectivity index (χ2v) is 6.85. The maximum absolute atomic E-state index is 12.2. The summed E-state index contributed by atoms with van der Waals surface area (Å²) < 4.78 is 7.34. The van der Waals surface area contributed by atoms with Crippen LogP contribution < -0.4 is 5.32 Å². The van der Waals surface area contributed by atoms with Crippen molar-refractivity contribution in [3.05, 3.63) is 36.2 Å². The van der Waals surface area contributed by atoms with Crippen LogP contribution in [0.3, 0.4) is 0 Å². The number of carbonyl (C=O) groups is 1. The van der Waals surface area contributed by atoms with Crippen LogP contribution in [0.2, 0.25) is 0 Å². The molecule has 1 N–H and O–H groups in total. The fourth-order valence-corrected chi connectivity index (χ4v) is 3.54. The summed E-state index contributed by atoms with van der Waals surface area (Å²) >= 11 is 1.61. The molecule has 0 aromatic carbocycles. The Morgan fingerprint density at radius 1 is 1.46 bits per heavy atom. The zero-order chi connectivity index (χ0) is 16.8. The Morgan fingerprint density at radius 2 is 2.38 bits per heavy atom. The van der Waals surface area contributed by atoms with Gasteiger partial charge in [-0.05, 0) is 38.3 Å². The Bertz CT molecular complexity index is 668. The summed E-state index contributed by atoms with van der Waals surface area (Å²) in [6.45, 7) is 2.74. The molecule has 7 heteroatoms. The van der Waals surface area contributed by atoms with Crippen LogP contribution >= 0.6 is 11.8 Å². The zero-order valence-corrected chi connectivity index (χ0v) is 14.6. The monoisotopic (exact) mass is 346 g/mol. The molecular formula is C17H22N4O2S. The average molecular weight is 346 g/mol. The fraction of sp³-hybridized carbons (Fsp3) is 0.471. The van der Waals surface area contributed by atoms with E-state index in [1.807, 2.05) is 31.2 Å². The number of aromatic nitrogens is 3. The minimum Gasteiger partial charge on any atom is -0.377 e. The molecule has 0 aliphatic carbocycles. The molecule has 6 nitrogen and oxygen atoms in total. The van der Waals surface area contributed by atoms with Crippen molar-refractivity contribution in [1.82, 2.24) is 14.8 Å². The molecular weight excluding hydrogens is 324 g/mol. The standard InChI is InChI=1S/C17H22N4O2S/c1-13-10-16(21(20-13)15-7-2-4-8-18-15)19-17(22)12-24-11-14-6-3-5-9-23-14/h2,4,7-8,10,14H,3,5-6,9,11-12H2,1H3,(H,19,22). The van der Waals surface area contributed by atoms with E-state index in [1.54, 1.807) is 22.6 Å². The highest BCUT2D eigenvalue weighted by Crippen LogP contribution is 2.18. The van der Waals surface area contributed by atoms with E-state index in [4.69, 9.17) is 4.74 Å². The summed E-state index contributed by atoms with van der Waals surface area (Å²) in [6.07, 6.45) is 5.47. The van der Waals surface area contributed by atoms with Gasteiger partial charge < -0.3 is 10.1 Å². The summed E-state index contributed by atoms with van der Waals surface area (Å²) in [5.74, 6) is 2.57. The number of amides is 1. The van der Waals surface area contributed by atoms with Gasteiger partial charge in [-0.15, -0.1) is 11.8 Å². The molecule has 1 atom stereocenters. The first-order chi connectivity index (χ1) is 11.7. The number of thioether (sulfide) groups is 1. The largest absolute Gasteiger partial charge is 0.377 e. The summed E-state index contributed by atoms with van der Waals surface area (Å²) in [5.41, 5.74) is 0.833. The summed E-state index contributed by atoms with van der Waals surface area (Å²) in [6, 6.07) is 7.45. The maximum Gasteiger partial charge on any atom is 0.235 e. The number of hydrogen-bond donors (Lipinski definition) is 1. The molecule has 128 valence electrons. The number of nitrogens with zero attached hydrogens (tertiary/aromatic N) is 3. The minimum atomic E-state index is -0.0344. The van der Waals surface area contributed by atoms with Crippen LogP contribution in [-0.2, 0) is 9.53 Å². The van der Waals surface area contributed by atoms with Gasteiger partial charge >= 0.3 is 0 Å². The van der Waals surface area contributed by atoms with Crippen molar-refractivity contribution in [3.8, 4) is 5.82 Å². The third kappa shape index (κ3) is 4.58. The Labute approximate surface area is 146 Å². The number of nitrogens with one attached hydrogen (secondary N) is 1. The molecule has 2 aromatic rings. The van der Waals surface area contributed by atoms with Crippen LogP contribution in [0, 0.1) is 6.92 Å². The van der Waals surface area contributed by atoms with Crippen molar-refractivity contribution in [3.63, 3.8) is 0 Å². The van der Waals surface area contributed by atoms with Crippen LogP contribution in [0.1, 0.15) is 25.0 Å². The van der Waals surface area contributed by atoms with Gasteiger partial charge in [0.2, 0.25) is 5.91 Å². The van der Waals surface area contributed by atoms with Gasteiger partial charge in [-0.1, -0.05) is 6.07 Å². The molecule has 1 saturated heterocycles. The SMILES string of the molecule is Cc1cc(NC(=O)CSCC2CCCCO2)n(-c2ccccn2)n1. The first kappa shape index (κ1) is 17.0. The van der Waals surface area contributed by atoms with Gasteiger partial charge in [0.25, 0.3) is 0 Å². The molecule has 0 spiro atoms.